The number of likely N-dealkylation sites (N-methyl/N-ethyl adjacent to an activating group) is 1. The van der Waals surface area contributed by atoms with Crippen LogP contribution in [-0.2, 0) is 19.6 Å². The number of amides is 1. The van der Waals surface area contributed by atoms with Crippen LogP contribution in [0.25, 0.3) is 0 Å². The van der Waals surface area contributed by atoms with E-state index >= 15 is 0 Å². The van der Waals surface area contributed by atoms with Crippen molar-refractivity contribution in [2.75, 3.05) is 33.4 Å². The lowest BCUT2D eigenvalue weighted by molar-refractivity contribution is -0.120. The third-order valence-electron chi connectivity index (χ3n) is 4.51. The molecule has 1 atom stereocenters. The van der Waals surface area contributed by atoms with Crippen molar-refractivity contribution in [3.8, 4) is 0 Å². The van der Waals surface area contributed by atoms with E-state index in [-0.39, 0.29) is 10.8 Å². The highest BCUT2D eigenvalue weighted by Crippen LogP contribution is 2.29. The Bertz CT molecular complexity index is 655. The first-order valence-corrected chi connectivity index (χ1v) is 10.0. The number of hydrogen-bond donors (Lipinski definition) is 3. The first kappa shape index (κ1) is 19.8. The number of nitrogens with one attached hydrogen (secondary N) is 2. The molecule has 2 rings (SSSR count). The van der Waals surface area contributed by atoms with E-state index in [1.165, 1.54) is 12.1 Å². The zero-order valence-electron chi connectivity index (χ0n) is 14.5. The van der Waals surface area contributed by atoms with Gasteiger partial charge in [-0.1, -0.05) is 12.1 Å². The maximum atomic E-state index is 12.2. The Morgan fingerprint density at radius 3 is 2.44 bits per heavy atom. The largest absolute Gasteiger partial charge is 0.381 e. The van der Waals surface area contributed by atoms with Gasteiger partial charge in [0.15, 0.2) is 0 Å². The maximum absolute atomic E-state index is 12.2. The average Bonchev–Trinajstić information content (AvgIpc) is 2.60. The molecule has 1 unspecified atom stereocenters. The van der Waals surface area contributed by atoms with Gasteiger partial charge in [0.25, 0.3) is 0 Å². The summed E-state index contributed by atoms with van der Waals surface area (Å²) in [6.45, 7) is 2.29. The van der Waals surface area contributed by atoms with E-state index in [9.17, 15) is 13.2 Å². The molecular formula is C17H27N3O4S. The molecule has 1 fully saturated rings. The number of primary amides is 1. The molecule has 0 spiro atoms. The lowest BCUT2D eigenvalue weighted by Crippen LogP contribution is -2.30. The highest BCUT2D eigenvalue weighted by molar-refractivity contribution is 7.89. The van der Waals surface area contributed by atoms with Gasteiger partial charge in [-0.15, -0.1) is 0 Å². The molecule has 1 aromatic carbocycles. The molecule has 1 aromatic rings. The highest BCUT2D eigenvalue weighted by atomic mass is 32.2. The maximum Gasteiger partial charge on any atom is 0.240 e. The van der Waals surface area contributed by atoms with Gasteiger partial charge in [-0.3, -0.25) is 4.79 Å². The normalized spacial score (nSPS) is 17.3. The number of hydrogen-bond acceptors (Lipinski definition) is 5. The second-order valence-electron chi connectivity index (χ2n) is 6.32. The number of benzene rings is 1. The van der Waals surface area contributed by atoms with Crippen molar-refractivity contribution in [3.05, 3.63) is 29.8 Å². The minimum atomic E-state index is -3.55. The fourth-order valence-corrected chi connectivity index (χ4v) is 4.04. The first-order valence-electron chi connectivity index (χ1n) is 8.55. The zero-order chi connectivity index (χ0) is 18.3. The van der Waals surface area contributed by atoms with Crippen molar-refractivity contribution in [1.82, 2.24) is 10.0 Å². The number of carbonyl (C=O) groups is 1. The van der Waals surface area contributed by atoms with Crippen molar-refractivity contribution in [3.63, 3.8) is 0 Å². The van der Waals surface area contributed by atoms with Gasteiger partial charge in [-0.2, -0.15) is 0 Å². The van der Waals surface area contributed by atoms with Gasteiger partial charge in [0.1, 0.15) is 0 Å². The zero-order valence-corrected chi connectivity index (χ0v) is 15.3. The molecule has 0 bridgehead atoms. The Morgan fingerprint density at radius 1 is 1.24 bits per heavy atom. The van der Waals surface area contributed by atoms with Crippen molar-refractivity contribution >= 4 is 15.9 Å². The molecule has 0 radical (unpaired) electrons. The van der Waals surface area contributed by atoms with Gasteiger partial charge in [0.05, 0.1) is 10.8 Å². The summed E-state index contributed by atoms with van der Waals surface area (Å²) in [5, 5.41) is 2.88. The van der Waals surface area contributed by atoms with Gasteiger partial charge < -0.3 is 15.8 Å². The van der Waals surface area contributed by atoms with Crippen LogP contribution in [0, 0.1) is 5.92 Å². The summed E-state index contributed by atoms with van der Waals surface area (Å²) in [7, 11) is -1.79. The van der Waals surface area contributed by atoms with Crippen LogP contribution in [0.3, 0.4) is 0 Å². The second kappa shape index (κ2) is 9.28. The minimum Gasteiger partial charge on any atom is -0.381 e. The fourth-order valence-electron chi connectivity index (χ4n) is 3.00. The monoisotopic (exact) mass is 369 g/mol. The summed E-state index contributed by atoms with van der Waals surface area (Å²) in [5.41, 5.74) is 6.34. The van der Waals surface area contributed by atoms with Crippen molar-refractivity contribution in [2.45, 2.75) is 30.1 Å². The standard InChI is InChI=1S/C17H27N3O4S/c1-19-8-9-20-25(22,23)15-4-2-14(3-5-15)16(17(18)21)12-13-6-10-24-11-7-13/h2-5,13,16,19-20H,6-12H2,1H3,(H2,18,21). The summed E-state index contributed by atoms with van der Waals surface area (Å²) in [6.07, 6.45) is 2.52. The number of nitrogens with two attached hydrogens (primary N) is 1. The van der Waals surface area contributed by atoms with Crippen molar-refractivity contribution < 1.29 is 17.9 Å². The van der Waals surface area contributed by atoms with Gasteiger partial charge in [0.2, 0.25) is 15.9 Å². The predicted octanol–water partition coefficient (Wildman–Crippen LogP) is 0.570. The van der Waals surface area contributed by atoms with E-state index in [1.807, 2.05) is 0 Å². The molecule has 7 nitrogen and oxygen atoms in total. The number of ether oxygens (including phenoxy) is 1. The molecule has 140 valence electrons. The van der Waals surface area contributed by atoms with Crippen LogP contribution in [0.15, 0.2) is 29.2 Å². The molecule has 0 aromatic heterocycles. The molecule has 8 heteroatoms. The Labute approximate surface area is 149 Å². The van der Waals surface area contributed by atoms with E-state index in [0.29, 0.717) is 38.6 Å². The van der Waals surface area contributed by atoms with E-state index in [0.717, 1.165) is 18.4 Å². The fraction of sp³-hybridized carbons (Fsp3) is 0.588. The van der Waals surface area contributed by atoms with E-state index < -0.39 is 15.9 Å². The predicted molar refractivity (Wildman–Crippen MR) is 95.7 cm³/mol. The molecule has 1 saturated heterocycles. The van der Waals surface area contributed by atoms with Crippen LogP contribution >= 0.6 is 0 Å². The van der Waals surface area contributed by atoms with E-state index in [1.54, 1.807) is 19.2 Å². The summed E-state index contributed by atoms with van der Waals surface area (Å²) in [5.74, 6) is -0.385. The number of carbonyl (C=O) groups excluding carboxylic acids is 1. The van der Waals surface area contributed by atoms with Gasteiger partial charge in [-0.05, 0) is 49.9 Å². The molecule has 0 saturated carbocycles. The van der Waals surface area contributed by atoms with Gasteiger partial charge in [0, 0.05) is 26.3 Å². The third-order valence-corrected chi connectivity index (χ3v) is 5.99. The lowest BCUT2D eigenvalue weighted by Gasteiger charge is -2.25. The molecule has 4 N–H and O–H groups in total. The Balaban J connectivity index is 2.08. The van der Waals surface area contributed by atoms with E-state index in [2.05, 4.69) is 10.0 Å². The summed E-state index contributed by atoms with van der Waals surface area (Å²) in [4.78, 5) is 12.1. The average molecular weight is 369 g/mol. The molecule has 1 amide bonds. The lowest BCUT2D eigenvalue weighted by atomic mass is 9.85. The van der Waals surface area contributed by atoms with Crippen LogP contribution in [0.5, 0.6) is 0 Å². The highest BCUT2D eigenvalue weighted by Gasteiger charge is 2.25. The number of rotatable bonds is 9. The molecule has 1 aliphatic rings. The van der Waals surface area contributed by atoms with E-state index in [4.69, 9.17) is 10.5 Å². The van der Waals surface area contributed by atoms with Crippen LogP contribution in [0.4, 0.5) is 0 Å². The summed E-state index contributed by atoms with van der Waals surface area (Å²) < 4.78 is 32.3. The van der Waals surface area contributed by atoms with Crippen LogP contribution in [0.1, 0.15) is 30.7 Å². The third kappa shape index (κ3) is 5.78. The topological polar surface area (TPSA) is 111 Å². The van der Waals surface area contributed by atoms with Gasteiger partial charge >= 0.3 is 0 Å². The van der Waals surface area contributed by atoms with Crippen LogP contribution < -0.4 is 15.8 Å². The number of sulfonamides is 1. The summed E-state index contributed by atoms with van der Waals surface area (Å²) >= 11 is 0. The Hall–Kier alpha value is -1.48. The van der Waals surface area contributed by atoms with Crippen LogP contribution in [-0.4, -0.2) is 47.7 Å². The smallest absolute Gasteiger partial charge is 0.240 e. The molecule has 25 heavy (non-hydrogen) atoms. The van der Waals surface area contributed by atoms with Crippen LogP contribution in [0.2, 0.25) is 0 Å². The minimum absolute atomic E-state index is 0.182. The molecule has 0 aliphatic carbocycles. The first-order chi connectivity index (χ1) is 11.9. The SMILES string of the molecule is CNCCNS(=O)(=O)c1ccc(C(CC2CCOCC2)C(N)=O)cc1. The van der Waals surface area contributed by atoms with Crippen molar-refractivity contribution in [2.24, 2.45) is 11.7 Å². The Morgan fingerprint density at radius 2 is 1.88 bits per heavy atom. The molecule has 1 aliphatic heterocycles. The summed E-state index contributed by atoms with van der Waals surface area (Å²) in [6, 6.07) is 6.41. The van der Waals surface area contributed by atoms with Crippen molar-refractivity contribution in [1.29, 1.82) is 0 Å². The molecular weight excluding hydrogens is 342 g/mol. The van der Waals surface area contributed by atoms with Gasteiger partial charge in [-0.25, -0.2) is 13.1 Å². The molecule has 1 heterocycles. The Kier molecular flexibility index (Phi) is 7.37. The quantitative estimate of drug-likeness (QED) is 0.551. The second-order valence-corrected chi connectivity index (χ2v) is 8.08.